The highest BCUT2D eigenvalue weighted by Crippen LogP contribution is 2.13. The van der Waals surface area contributed by atoms with Crippen molar-refractivity contribution in [3.63, 3.8) is 0 Å². The summed E-state index contributed by atoms with van der Waals surface area (Å²) >= 11 is 0. The summed E-state index contributed by atoms with van der Waals surface area (Å²) < 4.78 is 0. The van der Waals surface area contributed by atoms with Crippen LogP contribution >= 0.6 is 0 Å². The molecule has 94 valence electrons. The fourth-order valence-corrected chi connectivity index (χ4v) is 3.13. The van der Waals surface area contributed by atoms with Crippen LogP contribution in [0.15, 0.2) is 11.8 Å². The van der Waals surface area contributed by atoms with Gasteiger partial charge < -0.3 is 0 Å². The van der Waals surface area contributed by atoms with Gasteiger partial charge in [0.1, 0.15) is 0 Å². The van der Waals surface area contributed by atoms with Crippen LogP contribution in [0.25, 0.3) is 0 Å². The Morgan fingerprint density at radius 1 is 0.938 bits per heavy atom. The first-order valence-corrected chi connectivity index (χ1v) is 10.1. The van der Waals surface area contributed by atoms with Crippen LogP contribution in [0.3, 0.4) is 0 Å². The molecule has 0 N–H and O–H groups in total. The van der Waals surface area contributed by atoms with E-state index in [1.54, 1.807) is 0 Å². The monoisotopic (exact) mass is 239 g/mol. The molecule has 1 rings (SSSR count). The predicted molar refractivity (Wildman–Crippen MR) is 76.8 cm³/mol. The topological polar surface area (TPSA) is 3.24 Å². The maximum absolute atomic E-state index is 2.68. The van der Waals surface area contributed by atoms with Gasteiger partial charge in [-0.25, -0.2) is 0 Å². The van der Waals surface area contributed by atoms with Crippen LogP contribution < -0.4 is 0 Å². The average molecular weight is 239 g/mol. The summed E-state index contributed by atoms with van der Waals surface area (Å²) in [4.78, 5) is 2.68. The van der Waals surface area contributed by atoms with Gasteiger partial charge in [-0.3, -0.25) is 4.90 Å². The minimum Gasteiger partial charge on any atom is -0.297 e. The zero-order valence-electron chi connectivity index (χ0n) is 11.4. The van der Waals surface area contributed by atoms with Gasteiger partial charge >= 0.3 is 0 Å². The molecule has 1 aliphatic rings. The Morgan fingerprint density at radius 2 is 1.44 bits per heavy atom. The number of rotatable bonds is 3. The van der Waals surface area contributed by atoms with Gasteiger partial charge in [-0.15, -0.1) is 5.70 Å². The van der Waals surface area contributed by atoms with Crippen molar-refractivity contribution in [2.45, 2.75) is 64.6 Å². The Bertz CT molecular complexity index is 191. The molecule has 1 atom stereocenters. The van der Waals surface area contributed by atoms with E-state index < -0.39 is 8.80 Å². The molecule has 0 amide bonds. The van der Waals surface area contributed by atoms with Gasteiger partial charge in [0, 0.05) is 6.04 Å². The lowest BCUT2D eigenvalue weighted by molar-refractivity contribution is 0.237. The van der Waals surface area contributed by atoms with Crippen LogP contribution in [-0.4, -0.2) is 32.8 Å². The van der Waals surface area contributed by atoms with Crippen molar-refractivity contribution >= 4 is 8.80 Å². The van der Waals surface area contributed by atoms with Gasteiger partial charge in [-0.2, -0.15) is 0 Å². The van der Waals surface area contributed by atoms with E-state index in [1.165, 1.54) is 51.6 Å². The number of nitrogens with zero attached hydrogens (tertiary/aromatic N) is 1. The Labute approximate surface area is 104 Å². The summed E-state index contributed by atoms with van der Waals surface area (Å²) in [5.74, 6) is 0. The standard InChI is InChI=1S/C14H29NSi/c1-14(10-13-16(2)3)15-11-8-6-4-5-7-9-12-15/h10,13-14,16H,4-9,11-12H2,1-3H3. The first-order chi connectivity index (χ1) is 7.70. The van der Waals surface area contributed by atoms with E-state index in [1.807, 2.05) is 0 Å². The molecular formula is C14H29NSi. The maximum Gasteiger partial charge on any atom is 0.0550 e. The molecule has 0 aromatic rings. The van der Waals surface area contributed by atoms with Crippen LogP contribution in [-0.2, 0) is 0 Å². The van der Waals surface area contributed by atoms with E-state index >= 15 is 0 Å². The molecule has 0 saturated carbocycles. The van der Waals surface area contributed by atoms with Gasteiger partial charge in [-0.05, 0) is 32.9 Å². The van der Waals surface area contributed by atoms with Crippen molar-refractivity contribution in [3.8, 4) is 0 Å². The molecule has 0 aromatic carbocycles. The Hall–Kier alpha value is -0.0831. The van der Waals surface area contributed by atoms with Crippen molar-refractivity contribution < 1.29 is 0 Å². The van der Waals surface area contributed by atoms with Crippen LogP contribution in [0, 0.1) is 0 Å². The lowest BCUT2D eigenvalue weighted by Gasteiger charge is -2.26. The van der Waals surface area contributed by atoms with Crippen LogP contribution in [0.1, 0.15) is 45.4 Å². The summed E-state index contributed by atoms with van der Waals surface area (Å²) in [5, 5.41) is 0. The third kappa shape index (κ3) is 5.85. The van der Waals surface area contributed by atoms with E-state index in [0.29, 0.717) is 6.04 Å². The maximum atomic E-state index is 2.68. The van der Waals surface area contributed by atoms with Gasteiger partial charge in [0.05, 0.1) is 8.80 Å². The number of hydrogen-bond donors (Lipinski definition) is 0. The van der Waals surface area contributed by atoms with Gasteiger partial charge in [0.15, 0.2) is 0 Å². The molecule has 1 aliphatic heterocycles. The second kappa shape index (κ2) is 8.07. The minimum atomic E-state index is -0.517. The largest absolute Gasteiger partial charge is 0.297 e. The molecule has 0 bridgehead atoms. The second-order valence-corrected chi connectivity index (χ2v) is 8.40. The van der Waals surface area contributed by atoms with Crippen molar-refractivity contribution in [1.29, 1.82) is 0 Å². The molecule has 0 spiro atoms. The average Bonchev–Trinajstić information content (AvgIpc) is 2.38. The molecular weight excluding hydrogens is 210 g/mol. The van der Waals surface area contributed by atoms with Crippen molar-refractivity contribution in [3.05, 3.63) is 11.8 Å². The summed E-state index contributed by atoms with van der Waals surface area (Å²) in [6.07, 6.45) is 11.0. The molecule has 0 aromatic heterocycles. The minimum absolute atomic E-state index is 0.517. The third-order valence-electron chi connectivity index (χ3n) is 3.49. The third-order valence-corrected chi connectivity index (χ3v) is 4.48. The molecule has 0 aliphatic carbocycles. The zero-order valence-corrected chi connectivity index (χ0v) is 12.6. The molecule has 0 radical (unpaired) electrons. The molecule has 1 nitrogen and oxygen atoms in total. The van der Waals surface area contributed by atoms with Crippen LogP contribution in [0.4, 0.5) is 0 Å². The van der Waals surface area contributed by atoms with E-state index in [-0.39, 0.29) is 0 Å². The zero-order chi connectivity index (χ0) is 11.8. The summed E-state index contributed by atoms with van der Waals surface area (Å²) in [5.41, 5.74) is 2.48. The van der Waals surface area contributed by atoms with Crippen molar-refractivity contribution in [2.24, 2.45) is 0 Å². The van der Waals surface area contributed by atoms with E-state index in [9.17, 15) is 0 Å². The van der Waals surface area contributed by atoms with E-state index in [4.69, 9.17) is 0 Å². The lowest BCUT2D eigenvalue weighted by atomic mass is 10.1. The summed E-state index contributed by atoms with van der Waals surface area (Å²) in [6, 6.07) is 0.660. The van der Waals surface area contributed by atoms with Crippen LogP contribution in [0.5, 0.6) is 0 Å². The highest BCUT2D eigenvalue weighted by Gasteiger charge is 2.11. The van der Waals surface area contributed by atoms with Gasteiger partial charge in [-0.1, -0.05) is 44.9 Å². The molecule has 16 heavy (non-hydrogen) atoms. The fourth-order valence-electron chi connectivity index (χ4n) is 2.36. The predicted octanol–water partition coefficient (Wildman–Crippen LogP) is 3.61. The first kappa shape index (κ1) is 14.0. The normalized spacial score (nSPS) is 23.0. The second-order valence-electron chi connectivity index (χ2n) is 5.53. The highest BCUT2D eigenvalue weighted by molar-refractivity contribution is 6.61. The van der Waals surface area contributed by atoms with Crippen molar-refractivity contribution in [2.75, 3.05) is 13.1 Å². The Morgan fingerprint density at radius 3 is 1.94 bits per heavy atom. The smallest absolute Gasteiger partial charge is 0.0550 e. The van der Waals surface area contributed by atoms with Gasteiger partial charge in [0.2, 0.25) is 0 Å². The lowest BCUT2D eigenvalue weighted by Crippen LogP contribution is -2.33. The molecule has 1 fully saturated rings. The quantitative estimate of drug-likeness (QED) is 0.680. The molecule has 1 unspecified atom stereocenters. The Kier molecular flexibility index (Phi) is 7.05. The highest BCUT2D eigenvalue weighted by atomic mass is 28.3. The molecule has 1 saturated heterocycles. The number of hydrogen-bond acceptors (Lipinski definition) is 1. The molecule has 1 heterocycles. The SMILES string of the molecule is CC(C=C[SiH](C)C)N1CCCCCCCC1. The van der Waals surface area contributed by atoms with Crippen molar-refractivity contribution in [1.82, 2.24) is 4.90 Å². The van der Waals surface area contributed by atoms with Gasteiger partial charge in [0.25, 0.3) is 0 Å². The Balaban J connectivity index is 2.40. The molecule has 2 heteroatoms. The van der Waals surface area contributed by atoms with Crippen LogP contribution in [0.2, 0.25) is 13.1 Å². The van der Waals surface area contributed by atoms with E-state index in [2.05, 4.69) is 36.7 Å². The summed E-state index contributed by atoms with van der Waals surface area (Å²) in [7, 11) is -0.517. The summed E-state index contributed by atoms with van der Waals surface area (Å²) in [6.45, 7) is 9.77. The first-order valence-electron chi connectivity index (χ1n) is 7.12. The fraction of sp³-hybridized carbons (Fsp3) is 0.857. The van der Waals surface area contributed by atoms with E-state index in [0.717, 1.165) is 0 Å².